The molecule has 0 amide bonds. The Morgan fingerprint density at radius 3 is 2.80 bits per heavy atom. The smallest absolute Gasteiger partial charge is 0.140 e. The van der Waals surface area contributed by atoms with Gasteiger partial charge >= 0.3 is 0 Å². The molecule has 20 heavy (non-hydrogen) atoms. The number of para-hydroxylation sites is 1. The number of nitrogens with zero attached hydrogens (tertiary/aromatic N) is 2. The van der Waals surface area contributed by atoms with Crippen molar-refractivity contribution in [2.24, 2.45) is 0 Å². The maximum Gasteiger partial charge on any atom is 0.140 e. The number of rotatable bonds is 3. The van der Waals surface area contributed by atoms with Gasteiger partial charge in [-0.1, -0.05) is 12.1 Å². The number of thioether (sulfide) groups is 1. The van der Waals surface area contributed by atoms with Crippen LogP contribution in [0.3, 0.4) is 0 Å². The van der Waals surface area contributed by atoms with E-state index in [0.717, 1.165) is 21.6 Å². The van der Waals surface area contributed by atoms with E-state index in [1.165, 1.54) is 0 Å². The van der Waals surface area contributed by atoms with E-state index in [-0.39, 0.29) is 6.61 Å². The van der Waals surface area contributed by atoms with Crippen LogP contribution in [0.5, 0.6) is 0 Å². The molecule has 0 spiro atoms. The minimum Gasteiger partial charge on any atom is -0.399 e. The van der Waals surface area contributed by atoms with Crippen molar-refractivity contribution in [1.82, 2.24) is 9.55 Å². The molecule has 3 aromatic rings. The van der Waals surface area contributed by atoms with E-state index >= 15 is 0 Å². The average molecular weight is 285 g/mol. The zero-order valence-electron chi connectivity index (χ0n) is 11.1. The van der Waals surface area contributed by atoms with Crippen molar-refractivity contribution in [3.8, 4) is 5.69 Å². The molecule has 0 radical (unpaired) electrons. The summed E-state index contributed by atoms with van der Waals surface area (Å²) in [7, 11) is 0. The number of benzene rings is 2. The molecule has 4 nitrogen and oxygen atoms in total. The van der Waals surface area contributed by atoms with E-state index in [9.17, 15) is 5.11 Å². The summed E-state index contributed by atoms with van der Waals surface area (Å²) in [6.45, 7) is -0.114. The van der Waals surface area contributed by atoms with Gasteiger partial charge in [0.2, 0.25) is 0 Å². The fraction of sp³-hybridized carbons (Fsp3) is 0.133. The van der Waals surface area contributed by atoms with Gasteiger partial charge in [0.1, 0.15) is 12.4 Å². The molecule has 0 aliphatic carbocycles. The van der Waals surface area contributed by atoms with E-state index in [4.69, 9.17) is 5.73 Å². The van der Waals surface area contributed by atoms with Crippen molar-refractivity contribution in [1.29, 1.82) is 0 Å². The van der Waals surface area contributed by atoms with Crippen molar-refractivity contribution in [3.05, 3.63) is 48.3 Å². The van der Waals surface area contributed by atoms with Gasteiger partial charge in [0.15, 0.2) is 0 Å². The van der Waals surface area contributed by atoms with Crippen LogP contribution < -0.4 is 5.73 Å². The van der Waals surface area contributed by atoms with Crippen LogP contribution in [0.15, 0.2) is 47.4 Å². The van der Waals surface area contributed by atoms with Crippen LogP contribution in [0, 0.1) is 0 Å². The number of aliphatic hydroxyl groups excluding tert-OH is 1. The van der Waals surface area contributed by atoms with Gasteiger partial charge < -0.3 is 10.8 Å². The van der Waals surface area contributed by atoms with Gasteiger partial charge in [-0.3, -0.25) is 4.57 Å². The maximum atomic E-state index is 9.59. The monoisotopic (exact) mass is 285 g/mol. The highest BCUT2D eigenvalue weighted by Crippen LogP contribution is 2.29. The average Bonchev–Trinajstić information content (AvgIpc) is 2.84. The van der Waals surface area contributed by atoms with E-state index < -0.39 is 0 Å². The first-order chi connectivity index (χ1) is 9.74. The molecule has 0 unspecified atom stereocenters. The van der Waals surface area contributed by atoms with Crippen molar-refractivity contribution in [3.63, 3.8) is 0 Å². The van der Waals surface area contributed by atoms with Gasteiger partial charge in [-0.2, -0.15) is 0 Å². The zero-order chi connectivity index (χ0) is 14.1. The van der Waals surface area contributed by atoms with E-state index in [2.05, 4.69) is 11.1 Å². The van der Waals surface area contributed by atoms with Crippen molar-refractivity contribution < 1.29 is 5.11 Å². The van der Waals surface area contributed by atoms with E-state index in [0.29, 0.717) is 11.5 Å². The fourth-order valence-corrected chi connectivity index (χ4v) is 2.92. The standard InChI is InChI=1S/C15H15N3OS/c1-20-14-5-3-2-4-13(14)18-12-7-6-10(16)8-11(12)17-15(18)9-19/h2-8,19H,9,16H2,1H3. The Morgan fingerprint density at radius 1 is 1.25 bits per heavy atom. The molecule has 2 aromatic carbocycles. The topological polar surface area (TPSA) is 64.1 Å². The Hall–Kier alpha value is -1.98. The summed E-state index contributed by atoms with van der Waals surface area (Å²) in [6.07, 6.45) is 2.04. The SMILES string of the molecule is CSc1ccccc1-n1c(CO)nc2cc(N)ccc21. The van der Waals surface area contributed by atoms with Crippen molar-refractivity contribution in [2.45, 2.75) is 11.5 Å². The minimum atomic E-state index is -0.114. The molecule has 0 saturated heterocycles. The number of nitrogens with two attached hydrogens (primary N) is 1. The lowest BCUT2D eigenvalue weighted by Crippen LogP contribution is -2.02. The molecule has 102 valence electrons. The highest BCUT2D eigenvalue weighted by molar-refractivity contribution is 7.98. The Kier molecular flexibility index (Phi) is 3.38. The Morgan fingerprint density at radius 2 is 2.05 bits per heavy atom. The number of hydrogen-bond acceptors (Lipinski definition) is 4. The number of aliphatic hydroxyl groups is 1. The zero-order valence-corrected chi connectivity index (χ0v) is 11.9. The fourth-order valence-electron chi connectivity index (χ4n) is 2.34. The van der Waals surface area contributed by atoms with Gasteiger partial charge in [-0.05, 0) is 36.6 Å². The largest absolute Gasteiger partial charge is 0.399 e. The highest BCUT2D eigenvalue weighted by Gasteiger charge is 2.14. The predicted octanol–water partition coefficient (Wildman–Crippen LogP) is 2.82. The highest BCUT2D eigenvalue weighted by atomic mass is 32.2. The third kappa shape index (κ3) is 2.05. The van der Waals surface area contributed by atoms with Gasteiger partial charge in [0.05, 0.1) is 16.7 Å². The lowest BCUT2D eigenvalue weighted by Gasteiger charge is -2.11. The van der Waals surface area contributed by atoms with Crippen LogP contribution in [0.2, 0.25) is 0 Å². The molecule has 3 rings (SSSR count). The Bertz CT molecular complexity index is 767. The maximum absolute atomic E-state index is 9.59. The molecule has 5 heteroatoms. The summed E-state index contributed by atoms with van der Waals surface area (Å²) in [5, 5.41) is 9.59. The van der Waals surface area contributed by atoms with Crippen LogP contribution in [0.1, 0.15) is 5.82 Å². The number of nitrogen functional groups attached to an aromatic ring is 1. The first-order valence-corrected chi connectivity index (χ1v) is 7.48. The molecule has 0 saturated carbocycles. The summed E-state index contributed by atoms with van der Waals surface area (Å²) in [5.74, 6) is 0.618. The van der Waals surface area contributed by atoms with Crippen LogP contribution >= 0.6 is 11.8 Å². The summed E-state index contributed by atoms with van der Waals surface area (Å²) in [4.78, 5) is 5.60. The van der Waals surface area contributed by atoms with E-state index in [1.807, 2.05) is 47.2 Å². The van der Waals surface area contributed by atoms with Crippen LogP contribution in [0.25, 0.3) is 16.7 Å². The molecule has 0 fully saturated rings. The Labute approximate surface area is 121 Å². The van der Waals surface area contributed by atoms with Crippen molar-refractivity contribution >= 4 is 28.5 Å². The molecule has 3 N–H and O–H groups in total. The molecule has 1 heterocycles. The number of imidazole rings is 1. The van der Waals surface area contributed by atoms with Crippen LogP contribution in [-0.4, -0.2) is 20.9 Å². The lowest BCUT2D eigenvalue weighted by molar-refractivity contribution is 0.270. The second-order valence-corrected chi connectivity index (χ2v) is 5.29. The van der Waals surface area contributed by atoms with Crippen LogP contribution in [-0.2, 0) is 6.61 Å². The van der Waals surface area contributed by atoms with Gasteiger partial charge in [0, 0.05) is 10.6 Å². The summed E-state index contributed by atoms with van der Waals surface area (Å²) >= 11 is 1.67. The number of hydrogen-bond donors (Lipinski definition) is 2. The van der Waals surface area contributed by atoms with Crippen molar-refractivity contribution in [2.75, 3.05) is 12.0 Å². The molecule has 0 atom stereocenters. The number of anilines is 1. The normalized spacial score (nSPS) is 11.1. The molecular formula is C15H15N3OS. The molecule has 0 bridgehead atoms. The quantitative estimate of drug-likeness (QED) is 0.574. The predicted molar refractivity (Wildman–Crippen MR) is 83.2 cm³/mol. The van der Waals surface area contributed by atoms with Gasteiger partial charge in [0.25, 0.3) is 0 Å². The van der Waals surface area contributed by atoms with Crippen LogP contribution in [0.4, 0.5) is 5.69 Å². The summed E-state index contributed by atoms with van der Waals surface area (Å²) in [6, 6.07) is 13.7. The Balaban J connectivity index is 2.34. The third-order valence-electron chi connectivity index (χ3n) is 3.22. The first-order valence-electron chi connectivity index (χ1n) is 6.25. The number of fused-ring (bicyclic) bond motifs is 1. The van der Waals surface area contributed by atoms with Gasteiger partial charge in [-0.25, -0.2) is 4.98 Å². The second-order valence-electron chi connectivity index (χ2n) is 4.44. The minimum absolute atomic E-state index is 0.114. The second kappa shape index (κ2) is 5.19. The van der Waals surface area contributed by atoms with Gasteiger partial charge in [-0.15, -0.1) is 11.8 Å². The molecular weight excluding hydrogens is 270 g/mol. The van der Waals surface area contributed by atoms with E-state index in [1.54, 1.807) is 11.8 Å². The first kappa shape index (κ1) is 13.0. The summed E-state index contributed by atoms with van der Waals surface area (Å²) in [5.41, 5.74) is 9.24. The molecule has 0 aliphatic heterocycles. The molecule has 1 aromatic heterocycles. The molecule has 0 aliphatic rings. The summed E-state index contributed by atoms with van der Waals surface area (Å²) < 4.78 is 1.99. The number of aromatic nitrogens is 2. The lowest BCUT2D eigenvalue weighted by atomic mass is 10.2. The third-order valence-corrected chi connectivity index (χ3v) is 4.00.